The largest absolute Gasteiger partial charge is 0.325 e. The van der Waals surface area contributed by atoms with Crippen LogP contribution in [-0.2, 0) is 4.79 Å². The summed E-state index contributed by atoms with van der Waals surface area (Å²) in [6.07, 6.45) is 2.77. The second-order valence-corrected chi connectivity index (χ2v) is 7.94. The van der Waals surface area contributed by atoms with Gasteiger partial charge in [-0.3, -0.25) is 4.79 Å². The normalized spacial score (nSPS) is 17.5. The van der Waals surface area contributed by atoms with Gasteiger partial charge in [0.1, 0.15) is 0 Å². The zero-order valence-corrected chi connectivity index (χ0v) is 16.5. The maximum absolute atomic E-state index is 12.3. The molecule has 2 heterocycles. The summed E-state index contributed by atoms with van der Waals surface area (Å²) in [5, 5.41) is 10.1. The van der Waals surface area contributed by atoms with Gasteiger partial charge in [-0.05, 0) is 36.8 Å². The van der Waals surface area contributed by atoms with Gasteiger partial charge in [-0.1, -0.05) is 45.9 Å². The van der Waals surface area contributed by atoms with Crippen molar-refractivity contribution in [2.75, 3.05) is 11.1 Å². The number of hydrogen-bond acceptors (Lipinski definition) is 5. The van der Waals surface area contributed by atoms with Gasteiger partial charge in [0.25, 0.3) is 0 Å². The molecular formula is C19H17BrN4OS. The lowest BCUT2D eigenvalue weighted by atomic mass is 10.0. The third-order valence-corrected chi connectivity index (χ3v) is 6.14. The van der Waals surface area contributed by atoms with Crippen molar-refractivity contribution in [1.82, 2.24) is 5.01 Å². The number of amides is 1. The van der Waals surface area contributed by atoms with Crippen LogP contribution in [0.5, 0.6) is 0 Å². The number of amidine groups is 1. The molecule has 0 radical (unpaired) electrons. The van der Waals surface area contributed by atoms with E-state index in [0.29, 0.717) is 0 Å². The van der Waals surface area contributed by atoms with Crippen LogP contribution < -0.4 is 5.32 Å². The summed E-state index contributed by atoms with van der Waals surface area (Å²) in [4.78, 5) is 17.0. The first-order valence-corrected chi connectivity index (χ1v) is 10.1. The molecule has 2 aromatic rings. The molecule has 2 aromatic carbocycles. The second kappa shape index (κ2) is 7.25. The number of carbonyl (C=O) groups excluding carboxylic acids is 1. The molecule has 2 aliphatic heterocycles. The number of thioether (sulfide) groups is 1. The summed E-state index contributed by atoms with van der Waals surface area (Å²) in [7, 11) is 0. The molecule has 1 atom stereocenters. The van der Waals surface area contributed by atoms with Crippen molar-refractivity contribution >= 4 is 56.4 Å². The number of rotatable bonds is 3. The van der Waals surface area contributed by atoms with Crippen LogP contribution in [0, 0.1) is 6.92 Å². The van der Waals surface area contributed by atoms with E-state index >= 15 is 0 Å². The van der Waals surface area contributed by atoms with Crippen LogP contribution >= 0.6 is 27.7 Å². The Kier molecular flexibility index (Phi) is 4.82. The zero-order chi connectivity index (χ0) is 18.1. The first-order chi connectivity index (χ1) is 12.6. The van der Waals surface area contributed by atoms with Crippen molar-refractivity contribution in [3.05, 3.63) is 58.1 Å². The first-order valence-electron chi connectivity index (χ1n) is 8.30. The Hall–Kier alpha value is -2.12. The summed E-state index contributed by atoms with van der Waals surface area (Å²) in [6.45, 7) is 1.99. The van der Waals surface area contributed by atoms with Crippen LogP contribution in [0.4, 0.5) is 11.4 Å². The summed E-state index contributed by atoms with van der Waals surface area (Å²) >= 11 is 4.88. The molecule has 5 nitrogen and oxygen atoms in total. The van der Waals surface area contributed by atoms with E-state index in [0.717, 1.165) is 33.0 Å². The SMILES string of the molecule is Cc1cc(NC(=O)CSC2=Nc3ccccc3C3CC=NN23)ccc1Br. The van der Waals surface area contributed by atoms with Crippen LogP contribution in [0.3, 0.4) is 0 Å². The Balaban J connectivity index is 1.45. The van der Waals surface area contributed by atoms with Gasteiger partial charge in [-0.2, -0.15) is 5.10 Å². The topological polar surface area (TPSA) is 57.1 Å². The van der Waals surface area contributed by atoms with E-state index in [-0.39, 0.29) is 17.7 Å². The Morgan fingerprint density at radius 1 is 1.35 bits per heavy atom. The number of carbonyl (C=O) groups is 1. The molecule has 1 unspecified atom stereocenters. The fourth-order valence-corrected chi connectivity index (χ4v) is 4.08. The summed E-state index contributed by atoms with van der Waals surface area (Å²) < 4.78 is 1.03. The van der Waals surface area contributed by atoms with Gasteiger partial charge in [0.15, 0.2) is 5.17 Å². The predicted octanol–water partition coefficient (Wildman–Crippen LogP) is 4.86. The number of para-hydroxylation sites is 1. The van der Waals surface area contributed by atoms with Crippen molar-refractivity contribution in [3.8, 4) is 0 Å². The van der Waals surface area contributed by atoms with Crippen LogP contribution in [0.25, 0.3) is 0 Å². The smallest absolute Gasteiger partial charge is 0.234 e. The van der Waals surface area contributed by atoms with E-state index in [4.69, 9.17) is 4.99 Å². The second-order valence-electron chi connectivity index (χ2n) is 6.15. The van der Waals surface area contributed by atoms with Gasteiger partial charge < -0.3 is 5.32 Å². The average molecular weight is 429 g/mol. The van der Waals surface area contributed by atoms with Gasteiger partial charge in [0, 0.05) is 28.4 Å². The molecule has 7 heteroatoms. The molecule has 26 heavy (non-hydrogen) atoms. The number of benzene rings is 2. The number of nitrogens with one attached hydrogen (secondary N) is 1. The van der Waals surface area contributed by atoms with E-state index in [9.17, 15) is 4.79 Å². The van der Waals surface area contributed by atoms with E-state index in [2.05, 4.69) is 32.4 Å². The quantitative estimate of drug-likeness (QED) is 0.758. The van der Waals surface area contributed by atoms with Crippen molar-refractivity contribution in [2.45, 2.75) is 19.4 Å². The lowest BCUT2D eigenvalue weighted by molar-refractivity contribution is -0.113. The highest BCUT2D eigenvalue weighted by molar-refractivity contribution is 9.10. The number of aryl methyl sites for hydroxylation is 1. The number of halogens is 1. The zero-order valence-electron chi connectivity index (χ0n) is 14.1. The van der Waals surface area contributed by atoms with Crippen molar-refractivity contribution in [1.29, 1.82) is 0 Å². The van der Waals surface area contributed by atoms with Crippen LogP contribution in [0.2, 0.25) is 0 Å². The molecule has 0 aliphatic carbocycles. The lowest BCUT2D eigenvalue weighted by Crippen LogP contribution is -2.29. The molecule has 0 saturated heterocycles. The number of fused-ring (bicyclic) bond motifs is 3. The van der Waals surface area contributed by atoms with E-state index in [1.807, 2.05) is 54.5 Å². The van der Waals surface area contributed by atoms with E-state index < -0.39 is 0 Å². The maximum Gasteiger partial charge on any atom is 0.234 e. The number of nitrogens with zero attached hydrogens (tertiary/aromatic N) is 3. The Morgan fingerprint density at radius 2 is 2.19 bits per heavy atom. The minimum absolute atomic E-state index is 0.0574. The van der Waals surface area contributed by atoms with Crippen molar-refractivity contribution in [3.63, 3.8) is 0 Å². The minimum atomic E-state index is -0.0574. The molecule has 4 rings (SSSR count). The van der Waals surface area contributed by atoms with Crippen LogP contribution in [0.15, 0.2) is 57.0 Å². The maximum atomic E-state index is 12.3. The number of aliphatic imine (C=N–C) groups is 1. The number of anilines is 1. The molecule has 2 aliphatic rings. The van der Waals surface area contributed by atoms with Gasteiger partial charge in [-0.25, -0.2) is 10.0 Å². The van der Waals surface area contributed by atoms with E-state index in [1.165, 1.54) is 17.3 Å². The molecule has 132 valence electrons. The number of hydrogen-bond donors (Lipinski definition) is 1. The molecule has 0 fully saturated rings. The monoisotopic (exact) mass is 428 g/mol. The molecule has 1 amide bonds. The average Bonchev–Trinajstić information content (AvgIpc) is 3.13. The third-order valence-electron chi connectivity index (χ3n) is 4.31. The Labute approximate surface area is 164 Å². The van der Waals surface area contributed by atoms with Crippen LogP contribution in [0.1, 0.15) is 23.6 Å². The molecule has 0 spiro atoms. The summed E-state index contributed by atoms with van der Waals surface area (Å²) in [5.74, 6) is 0.229. The molecular weight excluding hydrogens is 412 g/mol. The molecule has 0 aromatic heterocycles. The molecule has 0 saturated carbocycles. The Morgan fingerprint density at radius 3 is 3.04 bits per heavy atom. The van der Waals surface area contributed by atoms with Gasteiger partial charge in [0.05, 0.1) is 17.5 Å². The van der Waals surface area contributed by atoms with Gasteiger partial charge in [0.2, 0.25) is 5.91 Å². The fraction of sp³-hybridized carbons (Fsp3) is 0.211. The highest BCUT2D eigenvalue weighted by Gasteiger charge is 2.32. The Bertz CT molecular complexity index is 928. The minimum Gasteiger partial charge on any atom is -0.325 e. The fourth-order valence-electron chi connectivity index (χ4n) is 3.03. The molecule has 0 bridgehead atoms. The third kappa shape index (κ3) is 3.41. The van der Waals surface area contributed by atoms with Crippen molar-refractivity contribution in [2.24, 2.45) is 10.1 Å². The van der Waals surface area contributed by atoms with Crippen molar-refractivity contribution < 1.29 is 4.79 Å². The van der Waals surface area contributed by atoms with Crippen LogP contribution in [-0.4, -0.2) is 28.1 Å². The molecule has 1 N–H and O–H groups in total. The predicted molar refractivity (Wildman–Crippen MR) is 111 cm³/mol. The highest BCUT2D eigenvalue weighted by atomic mass is 79.9. The standard InChI is InChI=1S/C19H17BrN4OS/c1-12-10-13(6-7-15(12)20)22-18(25)11-26-19-23-16-5-3-2-4-14(16)17-8-9-21-24(17)19/h2-7,9-10,17H,8,11H2,1H3,(H,22,25). The summed E-state index contributed by atoms with van der Waals surface area (Å²) in [5.41, 5.74) is 4.03. The van der Waals surface area contributed by atoms with Gasteiger partial charge >= 0.3 is 0 Å². The first kappa shape index (κ1) is 17.3. The highest BCUT2D eigenvalue weighted by Crippen LogP contribution is 2.40. The summed E-state index contributed by atoms with van der Waals surface area (Å²) in [6, 6.07) is 14.1. The van der Waals surface area contributed by atoms with Gasteiger partial charge in [-0.15, -0.1) is 0 Å². The lowest BCUT2D eigenvalue weighted by Gasteiger charge is -2.29. The van der Waals surface area contributed by atoms with E-state index in [1.54, 1.807) is 0 Å². The number of hydrazone groups is 1.